The lowest BCUT2D eigenvalue weighted by atomic mass is 9.99. The molecular formula is C24H32N8O2. The van der Waals surface area contributed by atoms with Gasteiger partial charge in [-0.1, -0.05) is 0 Å². The fourth-order valence-electron chi connectivity index (χ4n) is 5.55. The summed E-state index contributed by atoms with van der Waals surface area (Å²) in [5.74, 6) is 0.916. The van der Waals surface area contributed by atoms with Gasteiger partial charge in [-0.3, -0.25) is 9.89 Å². The minimum absolute atomic E-state index is 0.0123. The standard InChI is InChI=1S/C24H32N8O2/c1-15-13-32-22(26-23(15)30-9-7-16(25)14-30)12-17(29-32)20-5-2-3-8-31(20)24(33)19-11-18(27-28-19)21-6-4-10-34-21/h11-13,16,20-21H,2-10,14,25H2,1H3,(H,27,28). The van der Waals surface area contributed by atoms with Crippen LogP contribution in [0.4, 0.5) is 5.82 Å². The van der Waals surface area contributed by atoms with Crippen molar-refractivity contribution < 1.29 is 9.53 Å². The summed E-state index contributed by atoms with van der Waals surface area (Å²) in [6, 6.07) is 3.99. The van der Waals surface area contributed by atoms with Gasteiger partial charge in [0.2, 0.25) is 0 Å². The molecule has 3 aromatic rings. The zero-order chi connectivity index (χ0) is 23.2. The van der Waals surface area contributed by atoms with Crippen LogP contribution in [0.25, 0.3) is 5.65 Å². The molecule has 0 saturated carbocycles. The number of nitrogens with zero attached hydrogens (tertiary/aromatic N) is 6. The molecule has 1 amide bonds. The largest absolute Gasteiger partial charge is 0.372 e. The maximum atomic E-state index is 13.5. The molecule has 10 heteroatoms. The third kappa shape index (κ3) is 3.84. The molecule has 0 bridgehead atoms. The minimum Gasteiger partial charge on any atom is -0.372 e. The lowest BCUT2D eigenvalue weighted by molar-refractivity contribution is 0.0599. The Balaban J connectivity index is 1.27. The molecule has 3 N–H and O–H groups in total. The second kappa shape index (κ2) is 8.66. The monoisotopic (exact) mass is 464 g/mol. The van der Waals surface area contributed by atoms with E-state index in [-0.39, 0.29) is 24.1 Å². The first-order valence-corrected chi connectivity index (χ1v) is 12.4. The number of ether oxygens (including phenoxy) is 1. The molecular weight excluding hydrogens is 432 g/mol. The van der Waals surface area contributed by atoms with E-state index < -0.39 is 0 Å². The molecule has 0 aliphatic carbocycles. The van der Waals surface area contributed by atoms with E-state index in [2.05, 4.69) is 22.0 Å². The molecule has 3 aromatic heterocycles. The van der Waals surface area contributed by atoms with Crippen LogP contribution in [-0.2, 0) is 4.74 Å². The Bertz CT molecular complexity index is 1200. The van der Waals surface area contributed by atoms with Gasteiger partial charge in [0.25, 0.3) is 5.91 Å². The second-order valence-electron chi connectivity index (χ2n) is 9.83. The third-order valence-corrected chi connectivity index (χ3v) is 7.35. The highest BCUT2D eigenvalue weighted by Crippen LogP contribution is 2.33. The van der Waals surface area contributed by atoms with E-state index in [9.17, 15) is 4.79 Å². The van der Waals surface area contributed by atoms with E-state index in [4.69, 9.17) is 20.6 Å². The van der Waals surface area contributed by atoms with Gasteiger partial charge in [-0.15, -0.1) is 0 Å². The lowest BCUT2D eigenvalue weighted by Crippen LogP contribution is -2.38. The highest BCUT2D eigenvalue weighted by atomic mass is 16.5. The number of nitrogens with one attached hydrogen (secondary N) is 1. The van der Waals surface area contributed by atoms with E-state index in [1.807, 2.05) is 27.7 Å². The summed E-state index contributed by atoms with van der Waals surface area (Å²) < 4.78 is 7.58. The van der Waals surface area contributed by atoms with Crippen LogP contribution in [0.15, 0.2) is 18.3 Å². The number of nitrogens with two attached hydrogens (primary N) is 1. The number of piperidine rings is 1. The Labute approximate surface area is 198 Å². The van der Waals surface area contributed by atoms with E-state index in [0.717, 1.165) is 86.6 Å². The van der Waals surface area contributed by atoms with Gasteiger partial charge in [-0.05, 0) is 51.5 Å². The fourth-order valence-corrected chi connectivity index (χ4v) is 5.55. The molecule has 180 valence electrons. The van der Waals surface area contributed by atoms with Crippen molar-refractivity contribution in [1.82, 2.24) is 29.7 Å². The highest BCUT2D eigenvalue weighted by molar-refractivity contribution is 5.92. The van der Waals surface area contributed by atoms with Crippen LogP contribution in [0.2, 0.25) is 0 Å². The average Bonchev–Trinajstić information content (AvgIpc) is 3.64. The Morgan fingerprint density at radius 1 is 1.18 bits per heavy atom. The molecule has 3 saturated heterocycles. The number of fused-ring (bicyclic) bond motifs is 1. The first-order chi connectivity index (χ1) is 16.6. The summed E-state index contributed by atoms with van der Waals surface area (Å²) >= 11 is 0. The van der Waals surface area contributed by atoms with Crippen LogP contribution in [0.1, 0.15) is 78.1 Å². The molecule has 3 atom stereocenters. The number of carbonyl (C=O) groups excluding carboxylic acids is 1. The number of aromatic amines is 1. The number of amides is 1. The minimum atomic E-state index is -0.0882. The molecule has 0 aromatic carbocycles. The first kappa shape index (κ1) is 21.5. The first-order valence-electron chi connectivity index (χ1n) is 12.4. The molecule has 3 unspecified atom stereocenters. The summed E-state index contributed by atoms with van der Waals surface area (Å²) in [4.78, 5) is 22.6. The predicted octanol–water partition coefficient (Wildman–Crippen LogP) is 2.52. The van der Waals surface area contributed by atoms with Crippen molar-refractivity contribution in [3.8, 4) is 0 Å². The molecule has 10 nitrogen and oxygen atoms in total. The SMILES string of the molecule is Cc1cn2nc(C3CCCCN3C(=O)c3cc(C4CCCO4)[nH]n3)cc2nc1N1CCC(N)C1. The topological polar surface area (TPSA) is 118 Å². The summed E-state index contributed by atoms with van der Waals surface area (Å²) in [7, 11) is 0. The molecule has 0 spiro atoms. The van der Waals surface area contributed by atoms with Crippen LogP contribution in [0.3, 0.4) is 0 Å². The van der Waals surface area contributed by atoms with E-state index in [1.165, 1.54) is 0 Å². The molecule has 6 rings (SSSR count). The van der Waals surface area contributed by atoms with Crippen molar-refractivity contribution in [3.05, 3.63) is 41.0 Å². The van der Waals surface area contributed by atoms with Crippen molar-refractivity contribution >= 4 is 17.4 Å². The Kier molecular flexibility index (Phi) is 5.49. The highest BCUT2D eigenvalue weighted by Gasteiger charge is 2.33. The summed E-state index contributed by atoms with van der Waals surface area (Å²) in [6.07, 6.45) is 7.95. The summed E-state index contributed by atoms with van der Waals surface area (Å²) in [5, 5.41) is 12.2. The zero-order valence-electron chi connectivity index (χ0n) is 19.6. The number of anilines is 1. The van der Waals surface area contributed by atoms with Gasteiger partial charge < -0.3 is 20.3 Å². The molecule has 3 aliphatic rings. The number of rotatable bonds is 4. The van der Waals surface area contributed by atoms with Crippen LogP contribution in [-0.4, -0.2) is 67.9 Å². The number of aromatic nitrogens is 5. The normalized spacial score (nSPS) is 25.5. The van der Waals surface area contributed by atoms with Crippen molar-refractivity contribution in [2.24, 2.45) is 5.73 Å². The van der Waals surface area contributed by atoms with Gasteiger partial charge in [0, 0.05) is 50.1 Å². The number of aryl methyl sites for hydroxylation is 1. The van der Waals surface area contributed by atoms with Gasteiger partial charge in [0.05, 0.1) is 23.5 Å². The van der Waals surface area contributed by atoms with Crippen LogP contribution in [0.5, 0.6) is 0 Å². The van der Waals surface area contributed by atoms with Crippen molar-refractivity contribution in [2.45, 2.75) is 63.6 Å². The fraction of sp³-hybridized carbons (Fsp3) is 0.583. The smallest absolute Gasteiger partial charge is 0.274 e. The Morgan fingerprint density at radius 3 is 2.88 bits per heavy atom. The van der Waals surface area contributed by atoms with Gasteiger partial charge in [0.1, 0.15) is 5.82 Å². The summed E-state index contributed by atoms with van der Waals surface area (Å²) in [6.45, 7) is 5.27. The molecule has 6 heterocycles. The number of hydrogen-bond donors (Lipinski definition) is 2. The van der Waals surface area contributed by atoms with Gasteiger partial charge in [-0.2, -0.15) is 10.2 Å². The molecule has 3 fully saturated rings. The maximum Gasteiger partial charge on any atom is 0.274 e. The summed E-state index contributed by atoms with van der Waals surface area (Å²) in [5.41, 5.74) is 10.2. The van der Waals surface area contributed by atoms with Gasteiger partial charge in [-0.25, -0.2) is 9.50 Å². The quantitative estimate of drug-likeness (QED) is 0.609. The van der Waals surface area contributed by atoms with E-state index >= 15 is 0 Å². The van der Waals surface area contributed by atoms with E-state index in [1.54, 1.807) is 0 Å². The van der Waals surface area contributed by atoms with Crippen molar-refractivity contribution in [1.29, 1.82) is 0 Å². The molecule has 34 heavy (non-hydrogen) atoms. The predicted molar refractivity (Wildman–Crippen MR) is 127 cm³/mol. The zero-order valence-corrected chi connectivity index (χ0v) is 19.6. The number of hydrogen-bond acceptors (Lipinski definition) is 7. The van der Waals surface area contributed by atoms with Crippen LogP contribution >= 0.6 is 0 Å². The number of carbonyl (C=O) groups is 1. The molecule has 0 radical (unpaired) electrons. The van der Waals surface area contributed by atoms with Crippen LogP contribution < -0.4 is 10.6 Å². The average molecular weight is 465 g/mol. The van der Waals surface area contributed by atoms with E-state index in [0.29, 0.717) is 12.2 Å². The van der Waals surface area contributed by atoms with Crippen molar-refractivity contribution in [3.63, 3.8) is 0 Å². The van der Waals surface area contributed by atoms with Crippen molar-refractivity contribution in [2.75, 3.05) is 31.1 Å². The second-order valence-corrected chi connectivity index (χ2v) is 9.83. The Hall–Kier alpha value is -2.98. The van der Waals surface area contributed by atoms with Gasteiger partial charge >= 0.3 is 0 Å². The van der Waals surface area contributed by atoms with Crippen LogP contribution in [0, 0.1) is 6.92 Å². The molecule has 3 aliphatic heterocycles. The third-order valence-electron chi connectivity index (χ3n) is 7.35. The van der Waals surface area contributed by atoms with Gasteiger partial charge in [0.15, 0.2) is 11.3 Å². The maximum absolute atomic E-state index is 13.5. The lowest BCUT2D eigenvalue weighted by Gasteiger charge is -2.34. The Morgan fingerprint density at radius 2 is 2.09 bits per heavy atom. The number of H-pyrrole nitrogens is 1. The number of likely N-dealkylation sites (tertiary alicyclic amines) is 1.